The Morgan fingerprint density at radius 2 is 1.88 bits per heavy atom. The Morgan fingerprint density at radius 1 is 1.04 bits per heavy atom. The Morgan fingerprint density at radius 3 is 2.73 bits per heavy atom. The number of nitrogens with zero attached hydrogens (tertiary/aromatic N) is 2. The lowest BCUT2D eigenvalue weighted by Gasteiger charge is -2.21. The van der Waals surface area contributed by atoms with Gasteiger partial charge in [0.05, 0.1) is 5.56 Å². The molecule has 1 aliphatic heterocycles. The van der Waals surface area contributed by atoms with Crippen LogP contribution in [-0.2, 0) is 0 Å². The number of amides is 1. The molecule has 26 heavy (non-hydrogen) atoms. The SMILES string of the molecule is O=C(c1cnc2c(F)cccc2c1)N1CCCC(c2ccccc2)CC1. The lowest BCUT2D eigenvalue weighted by molar-refractivity contribution is 0.0761. The number of fused-ring (bicyclic) bond motifs is 1. The first-order chi connectivity index (χ1) is 12.7. The first kappa shape index (κ1) is 16.7. The van der Waals surface area contributed by atoms with Crippen molar-refractivity contribution in [2.75, 3.05) is 13.1 Å². The molecule has 0 N–H and O–H groups in total. The highest BCUT2D eigenvalue weighted by Gasteiger charge is 2.23. The topological polar surface area (TPSA) is 33.2 Å². The third kappa shape index (κ3) is 3.32. The van der Waals surface area contributed by atoms with Gasteiger partial charge in [-0.2, -0.15) is 0 Å². The van der Waals surface area contributed by atoms with Crippen molar-refractivity contribution in [3.05, 3.63) is 77.7 Å². The van der Waals surface area contributed by atoms with Crippen LogP contribution in [0.15, 0.2) is 60.8 Å². The van der Waals surface area contributed by atoms with Crippen LogP contribution in [0.3, 0.4) is 0 Å². The second kappa shape index (κ2) is 7.24. The number of benzene rings is 2. The number of para-hydroxylation sites is 1. The number of hydrogen-bond acceptors (Lipinski definition) is 2. The molecule has 0 saturated carbocycles. The number of pyridine rings is 1. The van der Waals surface area contributed by atoms with E-state index in [0.717, 1.165) is 32.4 Å². The monoisotopic (exact) mass is 348 g/mol. The molecule has 1 aromatic heterocycles. The highest BCUT2D eigenvalue weighted by Crippen LogP contribution is 2.28. The van der Waals surface area contributed by atoms with Gasteiger partial charge in [-0.25, -0.2) is 4.39 Å². The highest BCUT2D eigenvalue weighted by atomic mass is 19.1. The lowest BCUT2D eigenvalue weighted by Crippen LogP contribution is -2.32. The van der Waals surface area contributed by atoms with Crippen LogP contribution in [-0.4, -0.2) is 28.9 Å². The summed E-state index contributed by atoms with van der Waals surface area (Å²) < 4.78 is 13.8. The molecule has 0 bridgehead atoms. The smallest absolute Gasteiger partial charge is 0.255 e. The Bertz CT molecular complexity index is 926. The van der Waals surface area contributed by atoms with E-state index in [2.05, 4.69) is 29.2 Å². The molecule has 4 rings (SSSR count). The zero-order chi connectivity index (χ0) is 17.9. The Labute approximate surface area is 152 Å². The fraction of sp³-hybridized carbons (Fsp3) is 0.273. The number of halogens is 1. The molecule has 2 aromatic carbocycles. The van der Waals surface area contributed by atoms with Crippen molar-refractivity contribution in [1.29, 1.82) is 0 Å². The standard InChI is InChI=1S/C22H21FN2O/c23-20-10-4-8-18-14-19(15-24-21(18)20)22(26)25-12-5-9-17(11-13-25)16-6-2-1-3-7-16/h1-4,6-8,10,14-15,17H,5,9,11-13H2. The molecular formula is C22H21FN2O. The minimum Gasteiger partial charge on any atom is -0.339 e. The highest BCUT2D eigenvalue weighted by molar-refractivity contribution is 5.97. The first-order valence-corrected chi connectivity index (χ1v) is 9.11. The van der Waals surface area contributed by atoms with Crippen molar-refractivity contribution in [3.63, 3.8) is 0 Å². The number of hydrogen-bond donors (Lipinski definition) is 0. The van der Waals surface area contributed by atoms with Crippen LogP contribution in [0.1, 0.15) is 41.1 Å². The normalized spacial score (nSPS) is 17.9. The molecule has 1 amide bonds. The Hall–Kier alpha value is -2.75. The second-order valence-electron chi connectivity index (χ2n) is 6.87. The van der Waals surface area contributed by atoms with E-state index in [-0.39, 0.29) is 11.7 Å². The van der Waals surface area contributed by atoms with Crippen LogP contribution in [0.2, 0.25) is 0 Å². The van der Waals surface area contributed by atoms with Crippen LogP contribution in [0.4, 0.5) is 4.39 Å². The predicted molar refractivity (Wildman–Crippen MR) is 101 cm³/mol. The van der Waals surface area contributed by atoms with Crippen molar-refractivity contribution in [2.24, 2.45) is 0 Å². The summed E-state index contributed by atoms with van der Waals surface area (Å²) >= 11 is 0. The minimum absolute atomic E-state index is 0.0163. The minimum atomic E-state index is -0.359. The van der Waals surface area contributed by atoms with E-state index in [1.807, 2.05) is 11.0 Å². The maximum Gasteiger partial charge on any atom is 0.255 e. The second-order valence-corrected chi connectivity index (χ2v) is 6.87. The molecule has 1 unspecified atom stereocenters. The summed E-state index contributed by atoms with van der Waals surface area (Å²) in [5.41, 5.74) is 2.19. The molecule has 0 aliphatic carbocycles. The molecular weight excluding hydrogens is 327 g/mol. The van der Waals surface area contributed by atoms with Gasteiger partial charge >= 0.3 is 0 Å². The molecule has 1 fully saturated rings. The van der Waals surface area contributed by atoms with Gasteiger partial charge in [-0.05, 0) is 42.9 Å². The molecule has 3 nitrogen and oxygen atoms in total. The number of carbonyl (C=O) groups is 1. The Kier molecular flexibility index (Phi) is 4.65. The van der Waals surface area contributed by atoms with Crippen LogP contribution in [0.5, 0.6) is 0 Å². The van der Waals surface area contributed by atoms with Crippen LogP contribution < -0.4 is 0 Å². The van der Waals surface area contributed by atoms with Gasteiger partial charge in [0.15, 0.2) is 0 Å². The molecule has 0 radical (unpaired) electrons. The van der Waals surface area contributed by atoms with Gasteiger partial charge in [0, 0.05) is 24.7 Å². The van der Waals surface area contributed by atoms with Gasteiger partial charge in [-0.3, -0.25) is 9.78 Å². The summed E-state index contributed by atoms with van der Waals surface area (Å²) in [6.07, 6.45) is 4.54. The molecule has 3 aromatic rings. The molecule has 1 atom stereocenters. The van der Waals surface area contributed by atoms with Gasteiger partial charge in [0.25, 0.3) is 5.91 Å². The van der Waals surface area contributed by atoms with E-state index in [1.54, 1.807) is 18.2 Å². The van der Waals surface area contributed by atoms with E-state index in [0.29, 0.717) is 22.4 Å². The van der Waals surface area contributed by atoms with Crippen molar-refractivity contribution in [3.8, 4) is 0 Å². The molecule has 1 aliphatic rings. The van der Waals surface area contributed by atoms with Gasteiger partial charge in [0.1, 0.15) is 11.3 Å². The summed E-state index contributed by atoms with van der Waals surface area (Å²) in [5, 5.41) is 0.660. The van der Waals surface area contributed by atoms with Crippen molar-refractivity contribution in [2.45, 2.75) is 25.2 Å². The zero-order valence-electron chi connectivity index (χ0n) is 14.6. The largest absolute Gasteiger partial charge is 0.339 e. The van der Waals surface area contributed by atoms with Gasteiger partial charge in [-0.1, -0.05) is 42.5 Å². The maximum absolute atomic E-state index is 13.8. The average molecular weight is 348 g/mol. The van der Waals surface area contributed by atoms with Crippen molar-refractivity contribution < 1.29 is 9.18 Å². The van der Waals surface area contributed by atoms with Crippen LogP contribution in [0.25, 0.3) is 10.9 Å². The van der Waals surface area contributed by atoms with Gasteiger partial charge < -0.3 is 4.90 Å². The quantitative estimate of drug-likeness (QED) is 0.667. The van der Waals surface area contributed by atoms with Crippen molar-refractivity contribution in [1.82, 2.24) is 9.88 Å². The molecule has 4 heteroatoms. The Balaban J connectivity index is 1.51. The maximum atomic E-state index is 13.8. The number of rotatable bonds is 2. The average Bonchev–Trinajstić information content (AvgIpc) is 2.94. The predicted octanol–water partition coefficient (Wildman–Crippen LogP) is 4.78. The lowest BCUT2D eigenvalue weighted by atomic mass is 9.92. The van der Waals surface area contributed by atoms with E-state index in [4.69, 9.17) is 0 Å². The van der Waals surface area contributed by atoms with Gasteiger partial charge in [0.2, 0.25) is 0 Å². The fourth-order valence-corrected chi connectivity index (χ4v) is 3.78. The van der Waals surface area contributed by atoms with Gasteiger partial charge in [-0.15, -0.1) is 0 Å². The molecule has 132 valence electrons. The van der Waals surface area contributed by atoms with Crippen LogP contribution in [0, 0.1) is 5.82 Å². The van der Waals surface area contributed by atoms with E-state index < -0.39 is 0 Å². The summed E-state index contributed by atoms with van der Waals surface area (Å²) in [6.45, 7) is 1.49. The zero-order valence-corrected chi connectivity index (χ0v) is 14.6. The van der Waals surface area contributed by atoms with E-state index >= 15 is 0 Å². The fourth-order valence-electron chi connectivity index (χ4n) is 3.78. The van der Waals surface area contributed by atoms with E-state index in [9.17, 15) is 9.18 Å². The molecule has 1 saturated heterocycles. The molecule has 0 spiro atoms. The summed E-state index contributed by atoms with van der Waals surface area (Å²) in [7, 11) is 0. The number of carbonyl (C=O) groups excluding carboxylic acids is 1. The van der Waals surface area contributed by atoms with Crippen LogP contribution >= 0.6 is 0 Å². The third-order valence-electron chi connectivity index (χ3n) is 5.19. The number of likely N-dealkylation sites (tertiary alicyclic amines) is 1. The summed E-state index contributed by atoms with van der Waals surface area (Å²) in [4.78, 5) is 19.0. The third-order valence-corrected chi connectivity index (χ3v) is 5.19. The van der Waals surface area contributed by atoms with E-state index in [1.165, 1.54) is 17.8 Å². The van der Waals surface area contributed by atoms with Crippen molar-refractivity contribution >= 4 is 16.8 Å². The molecule has 2 heterocycles. The first-order valence-electron chi connectivity index (χ1n) is 9.11. The summed E-state index contributed by atoms with van der Waals surface area (Å²) in [6, 6.07) is 17.1. The summed E-state index contributed by atoms with van der Waals surface area (Å²) in [5.74, 6) is 0.122. The number of aromatic nitrogens is 1.